The topological polar surface area (TPSA) is 135 Å². The highest BCUT2D eigenvalue weighted by molar-refractivity contribution is 5.63. The van der Waals surface area contributed by atoms with E-state index >= 15 is 4.39 Å². The number of hydrogen-bond acceptors (Lipinski definition) is 10. The highest BCUT2D eigenvalue weighted by Crippen LogP contribution is 2.38. The molecule has 5 rings (SSSR count). The first-order chi connectivity index (χ1) is 20.8. The second-order valence-corrected chi connectivity index (χ2v) is 11.2. The summed E-state index contributed by atoms with van der Waals surface area (Å²) in [5.74, 6) is -2.64. The van der Waals surface area contributed by atoms with Crippen LogP contribution < -0.4 is 21.1 Å². The van der Waals surface area contributed by atoms with Crippen LogP contribution in [0.4, 0.5) is 26.2 Å². The number of piperidine rings is 1. The summed E-state index contributed by atoms with van der Waals surface area (Å²) in [7, 11) is 0. The third-order valence-electron chi connectivity index (χ3n) is 7.06. The zero-order valence-corrected chi connectivity index (χ0v) is 22.6. The molecule has 2 fully saturated rings. The monoisotopic (exact) mass is 564 g/mol. The molecule has 2 aliphatic heterocycles. The smallest absolute Gasteiger partial charge is 0.368 e. The molecule has 0 bridgehead atoms. The van der Waals surface area contributed by atoms with Crippen LogP contribution in [-0.2, 0) is 6.98 Å². The summed E-state index contributed by atoms with van der Waals surface area (Å²) in [6, 6.07) is 1.98. The van der Waals surface area contributed by atoms with Crippen LogP contribution in [0.1, 0.15) is 60.2 Å². The van der Waals surface area contributed by atoms with Gasteiger partial charge in [-0.2, -0.15) is 14.3 Å². The number of nitrogens with zero attached hydrogens (tertiary/aromatic N) is 7. The van der Waals surface area contributed by atoms with Gasteiger partial charge in [-0.3, -0.25) is 4.90 Å². The minimum atomic E-state index is -3.01. The first-order valence-electron chi connectivity index (χ1n) is 15.4. The van der Waals surface area contributed by atoms with Crippen molar-refractivity contribution in [3.05, 3.63) is 40.4 Å². The molecule has 2 aromatic heterocycles. The van der Waals surface area contributed by atoms with Crippen molar-refractivity contribution in [2.24, 2.45) is 6.98 Å². The number of aliphatic hydroxyl groups is 1. The van der Waals surface area contributed by atoms with Gasteiger partial charge in [-0.05, 0) is 76.4 Å². The molecule has 0 radical (unpaired) electrons. The van der Waals surface area contributed by atoms with Gasteiger partial charge in [0.1, 0.15) is 18.0 Å². The summed E-state index contributed by atoms with van der Waals surface area (Å²) >= 11 is 0. The van der Waals surface area contributed by atoms with Gasteiger partial charge in [0.15, 0.2) is 17.5 Å². The fourth-order valence-corrected chi connectivity index (χ4v) is 5.43. The molecule has 0 amide bonds. The van der Waals surface area contributed by atoms with Crippen molar-refractivity contribution in [2.45, 2.75) is 76.6 Å². The maximum absolute atomic E-state index is 15.5. The number of aromatic nitrogens is 6. The van der Waals surface area contributed by atoms with Gasteiger partial charge in [0.05, 0.1) is 20.2 Å². The maximum atomic E-state index is 15.5. The molecular formula is C26H35F2N9O3. The molecule has 0 aliphatic carbocycles. The Morgan fingerprint density at radius 3 is 2.83 bits per heavy atom. The fraction of sp³-hybridized carbons (Fsp3) is 0.577. The first kappa shape index (κ1) is 22.1. The van der Waals surface area contributed by atoms with Gasteiger partial charge in [-0.15, -0.1) is 0 Å². The first-order valence-corrected chi connectivity index (χ1v) is 12.9. The lowest BCUT2D eigenvalue weighted by Crippen LogP contribution is -2.55. The van der Waals surface area contributed by atoms with E-state index in [0.717, 1.165) is 58.3 Å². The van der Waals surface area contributed by atoms with Crippen LogP contribution in [0.5, 0.6) is 5.75 Å². The molecule has 4 heterocycles. The SMILES string of the molecule is [2H]C([2H])([2H])n1nnn(-c2cc(Nc3ncc(F)c(N[C@@H]4C[C@@H]5CCCN5C(C)(C)C4)n3)c(F)cc2OC([2H])([2H])C(C)(C)O)c1=O. The molecule has 216 valence electrons. The van der Waals surface area contributed by atoms with Crippen LogP contribution in [0.25, 0.3) is 5.69 Å². The Balaban J connectivity index is 1.49. The second-order valence-electron chi connectivity index (χ2n) is 11.2. The normalized spacial score (nSPS) is 23.3. The highest BCUT2D eigenvalue weighted by atomic mass is 19.1. The number of hydrogen-bond donors (Lipinski definition) is 3. The van der Waals surface area contributed by atoms with E-state index in [9.17, 15) is 14.3 Å². The average Bonchev–Trinajstić information content (AvgIpc) is 3.53. The Bertz CT molecular complexity index is 1640. The zero-order chi connectivity index (χ0) is 33.1. The van der Waals surface area contributed by atoms with E-state index in [4.69, 9.17) is 11.6 Å². The van der Waals surface area contributed by atoms with Crippen molar-refractivity contribution >= 4 is 17.5 Å². The Morgan fingerprint density at radius 2 is 2.10 bits per heavy atom. The van der Waals surface area contributed by atoms with Crippen molar-refractivity contribution in [2.75, 3.05) is 23.7 Å². The summed E-state index contributed by atoms with van der Waals surface area (Å²) in [6.45, 7) is 1.76. The summed E-state index contributed by atoms with van der Waals surface area (Å²) < 4.78 is 75.0. The van der Waals surface area contributed by atoms with E-state index in [1.54, 1.807) is 0 Å². The van der Waals surface area contributed by atoms with Gasteiger partial charge < -0.3 is 20.5 Å². The molecular weight excluding hydrogens is 524 g/mol. The van der Waals surface area contributed by atoms with Gasteiger partial charge in [-0.25, -0.2) is 18.6 Å². The van der Waals surface area contributed by atoms with Crippen molar-refractivity contribution in [3.63, 3.8) is 0 Å². The number of tetrazole rings is 1. The summed E-state index contributed by atoms with van der Waals surface area (Å²) in [6.07, 6.45) is 4.64. The Hall–Kier alpha value is -3.65. The molecule has 3 N–H and O–H groups in total. The lowest BCUT2D eigenvalue weighted by atomic mass is 9.84. The number of anilines is 3. The van der Waals surface area contributed by atoms with Gasteiger partial charge >= 0.3 is 5.69 Å². The van der Waals surface area contributed by atoms with Crippen LogP contribution in [0.15, 0.2) is 23.1 Å². The van der Waals surface area contributed by atoms with Crippen LogP contribution in [0.3, 0.4) is 0 Å². The van der Waals surface area contributed by atoms with E-state index in [-0.39, 0.29) is 33.7 Å². The highest BCUT2D eigenvalue weighted by Gasteiger charge is 2.43. The number of benzene rings is 1. The molecule has 2 aliphatic rings. The molecule has 0 spiro atoms. The molecule has 1 aromatic carbocycles. The fourth-order valence-electron chi connectivity index (χ4n) is 5.43. The quantitative estimate of drug-likeness (QED) is 0.375. The number of fused-ring (bicyclic) bond motifs is 1. The minimum absolute atomic E-state index is 0.0742. The van der Waals surface area contributed by atoms with Crippen LogP contribution in [0, 0.1) is 11.6 Å². The van der Waals surface area contributed by atoms with E-state index in [0.29, 0.717) is 16.8 Å². The van der Waals surface area contributed by atoms with E-state index in [1.165, 1.54) is 0 Å². The summed E-state index contributed by atoms with van der Waals surface area (Å²) in [5, 5.41) is 23.0. The van der Waals surface area contributed by atoms with Crippen molar-refractivity contribution in [1.82, 2.24) is 34.7 Å². The minimum Gasteiger partial charge on any atom is -0.488 e. The molecule has 2 saturated heterocycles. The average molecular weight is 565 g/mol. The van der Waals surface area contributed by atoms with Gasteiger partial charge in [0.25, 0.3) is 0 Å². The molecule has 14 heteroatoms. The standard InChI is InChI=1S/C26H35F2N9O3/c1-25(2)12-15(9-16-7-6-8-36(16)25)30-22-18(28)13-29-23(32-22)31-19-11-20(37-24(38)35(5)33-34-37)21(10-17(19)27)40-14-26(3,4)39/h10-11,13,15-16,39H,6-9,12,14H2,1-5H3,(H2,29,30,31,32)/t15-,16+/m1/s1/i5D3,14D2. The molecule has 0 saturated carbocycles. The number of rotatable bonds is 8. The second kappa shape index (κ2) is 10.4. The summed E-state index contributed by atoms with van der Waals surface area (Å²) in [4.78, 5) is 23.5. The van der Waals surface area contributed by atoms with Gasteiger partial charge in [0.2, 0.25) is 5.95 Å². The van der Waals surface area contributed by atoms with Gasteiger partial charge in [0, 0.05) is 34.8 Å². The van der Waals surface area contributed by atoms with Crippen molar-refractivity contribution < 1.29 is 25.5 Å². The number of nitrogens with one attached hydrogen (secondary N) is 2. The predicted octanol–water partition coefficient (Wildman–Crippen LogP) is 2.74. The Labute approximate surface area is 237 Å². The zero-order valence-electron chi connectivity index (χ0n) is 27.6. The lowest BCUT2D eigenvalue weighted by Gasteiger charge is -2.47. The van der Waals surface area contributed by atoms with E-state index in [2.05, 4.69) is 49.8 Å². The third kappa shape index (κ3) is 5.77. The molecule has 3 aromatic rings. The molecule has 12 nitrogen and oxygen atoms in total. The largest absolute Gasteiger partial charge is 0.488 e. The third-order valence-corrected chi connectivity index (χ3v) is 7.06. The van der Waals surface area contributed by atoms with Gasteiger partial charge in [-0.1, -0.05) is 0 Å². The number of aryl methyl sites for hydroxylation is 1. The molecule has 0 unspecified atom stereocenters. The molecule has 40 heavy (non-hydrogen) atoms. The lowest BCUT2D eigenvalue weighted by molar-refractivity contribution is 0.0283. The number of halogens is 2. The van der Waals surface area contributed by atoms with E-state index in [1.807, 2.05) is 0 Å². The summed E-state index contributed by atoms with van der Waals surface area (Å²) in [5.41, 5.74) is -4.23. The Kier molecular flexibility index (Phi) is 5.74. The van der Waals surface area contributed by atoms with Crippen LogP contribution >= 0.6 is 0 Å². The predicted molar refractivity (Wildman–Crippen MR) is 144 cm³/mol. The van der Waals surface area contributed by atoms with Crippen LogP contribution in [0.2, 0.25) is 0 Å². The van der Waals surface area contributed by atoms with Crippen molar-refractivity contribution in [1.29, 1.82) is 0 Å². The number of ether oxygens (including phenoxy) is 1. The van der Waals surface area contributed by atoms with Crippen LogP contribution in [-0.4, -0.2) is 76.1 Å². The van der Waals surface area contributed by atoms with Crippen molar-refractivity contribution in [3.8, 4) is 11.4 Å². The maximum Gasteiger partial charge on any atom is 0.368 e. The van der Waals surface area contributed by atoms with E-state index < -0.39 is 47.9 Å². The molecule has 2 atom stereocenters. The Morgan fingerprint density at radius 1 is 1.30 bits per heavy atom.